The van der Waals surface area contributed by atoms with Gasteiger partial charge in [-0.1, -0.05) is 12.1 Å². The minimum Gasteiger partial charge on any atom is -0.393 e. The lowest BCUT2D eigenvalue weighted by Crippen LogP contribution is -2.58. The van der Waals surface area contributed by atoms with Crippen LogP contribution in [0.1, 0.15) is 58.6 Å². The number of hydroxylamine groups is 2. The van der Waals surface area contributed by atoms with E-state index in [2.05, 4.69) is 27.7 Å². The fraction of sp³-hybridized carbons (Fsp3) is 0.647. The third-order valence-corrected chi connectivity index (χ3v) is 4.32. The van der Waals surface area contributed by atoms with Crippen molar-refractivity contribution in [2.75, 3.05) is 6.61 Å². The summed E-state index contributed by atoms with van der Waals surface area (Å²) in [6, 6.07) is 6.13. The van der Waals surface area contributed by atoms with Crippen LogP contribution in [-0.4, -0.2) is 27.9 Å². The fourth-order valence-electron chi connectivity index (χ4n) is 3.27. The van der Waals surface area contributed by atoms with E-state index in [1.807, 2.05) is 5.06 Å². The number of halogens is 1. The lowest BCUT2D eigenvalue weighted by molar-refractivity contribution is -0.311. The van der Waals surface area contributed by atoms with E-state index in [0.29, 0.717) is 0 Å². The number of hydrogen-bond donors (Lipinski definition) is 1. The second-order valence-corrected chi connectivity index (χ2v) is 7.10. The predicted octanol–water partition coefficient (Wildman–Crippen LogP) is 3.83. The van der Waals surface area contributed by atoms with Crippen molar-refractivity contribution in [1.29, 1.82) is 0 Å². The molecule has 21 heavy (non-hydrogen) atoms. The monoisotopic (exact) mass is 295 g/mol. The number of rotatable bonds is 4. The van der Waals surface area contributed by atoms with Crippen molar-refractivity contribution >= 4 is 0 Å². The number of benzene rings is 1. The molecule has 1 aliphatic heterocycles. The average molecular weight is 295 g/mol. The van der Waals surface area contributed by atoms with Gasteiger partial charge >= 0.3 is 0 Å². The minimum atomic E-state index is -0.470. The molecule has 0 radical (unpaired) electrons. The van der Waals surface area contributed by atoms with Gasteiger partial charge in [0.15, 0.2) is 0 Å². The number of piperidine rings is 1. The summed E-state index contributed by atoms with van der Waals surface area (Å²) in [4.78, 5) is 6.16. The molecule has 0 bridgehead atoms. The van der Waals surface area contributed by atoms with Crippen LogP contribution in [0.15, 0.2) is 24.3 Å². The van der Waals surface area contributed by atoms with Crippen LogP contribution in [0.25, 0.3) is 0 Å². The molecule has 1 fully saturated rings. The number of aliphatic hydroxyl groups excluding tert-OH is 1. The van der Waals surface area contributed by atoms with Gasteiger partial charge < -0.3 is 5.11 Å². The van der Waals surface area contributed by atoms with E-state index in [0.717, 1.165) is 18.4 Å². The van der Waals surface area contributed by atoms with Gasteiger partial charge in [-0.05, 0) is 64.7 Å². The Labute approximate surface area is 126 Å². The van der Waals surface area contributed by atoms with Gasteiger partial charge in [0.2, 0.25) is 0 Å². The smallest absolute Gasteiger partial charge is 0.127 e. The topological polar surface area (TPSA) is 32.7 Å². The molecule has 0 saturated carbocycles. The van der Waals surface area contributed by atoms with E-state index >= 15 is 0 Å². The van der Waals surface area contributed by atoms with Crippen molar-refractivity contribution in [1.82, 2.24) is 5.06 Å². The molecule has 0 spiro atoms. The second kappa shape index (κ2) is 6.03. The first kappa shape index (κ1) is 16.4. The Morgan fingerprint density at radius 3 is 2.14 bits per heavy atom. The molecule has 0 amide bonds. The standard InChI is InChI=1S/C17H26FNO2/c1-16(2)10-5-11-17(3,4)19(16)21-15(12-20)13-6-8-14(18)9-7-13/h6-9,15,20H,5,10-12H2,1-4H3/t15-/m0/s1. The van der Waals surface area contributed by atoms with E-state index in [9.17, 15) is 9.50 Å². The minimum absolute atomic E-state index is 0.0881. The maximum absolute atomic E-state index is 13.0. The van der Waals surface area contributed by atoms with Gasteiger partial charge in [-0.25, -0.2) is 4.39 Å². The molecule has 0 unspecified atom stereocenters. The van der Waals surface area contributed by atoms with Crippen LogP contribution < -0.4 is 0 Å². The first-order valence-electron chi connectivity index (χ1n) is 7.60. The van der Waals surface area contributed by atoms with Crippen molar-refractivity contribution < 1.29 is 14.3 Å². The normalized spacial score (nSPS) is 23.0. The highest BCUT2D eigenvalue weighted by Gasteiger charge is 2.43. The molecule has 0 aromatic heterocycles. The Balaban J connectivity index is 2.21. The SMILES string of the molecule is CC1(C)CCCC(C)(C)N1O[C@@H](CO)c1ccc(F)cc1. The lowest BCUT2D eigenvalue weighted by Gasteiger charge is -2.52. The van der Waals surface area contributed by atoms with Gasteiger partial charge in [-0.15, -0.1) is 0 Å². The maximum Gasteiger partial charge on any atom is 0.127 e. The zero-order valence-corrected chi connectivity index (χ0v) is 13.4. The highest BCUT2D eigenvalue weighted by molar-refractivity contribution is 5.18. The van der Waals surface area contributed by atoms with Crippen molar-refractivity contribution in [2.45, 2.75) is 64.1 Å². The van der Waals surface area contributed by atoms with E-state index in [1.54, 1.807) is 12.1 Å². The molecule has 1 aromatic rings. The summed E-state index contributed by atoms with van der Waals surface area (Å²) < 4.78 is 13.0. The molecule has 1 aliphatic rings. The van der Waals surface area contributed by atoms with Gasteiger partial charge in [0.25, 0.3) is 0 Å². The van der Waals surface area contributed by atoms with E-state index in [4.69, 9.17) is 4.84 Å². The molecule has 2 rings (SSSR count). The first-order chi connectivity index (χ1) is 9.76. The summed E-state index contributed by atoms with van der Waals surface area (Å²) in [7, 11) is 0. The van der Waals surface area contributed by atoms with Crippen molar-refractivity contribution in [3.8, 4) is 0 Å². The van der Waals surface area contributed by atoms with E-state index < -0.39 is 6.10 Å². The maximum atomic E-state index is 13.0. The molecular weight excluding hydrogens is 269 g/mol. The Hall–Kier alpha value is -0.970. The second-order valence-electron chi connectivity index (χ2n) is 7.10. The Morgan fingerprint density at radius 2 is 1.67 bits per heavy atom. The van der Waals surface area contributed by atoms with Crippen LogP contribution >= 0.6 is 0 Å². The molecule has 1 atom stereocenters. The van der Waals surface area contributed by atoms with Crippen LogP contribution in [0.2, 0.25) is 0 Å². The lowest BCUT2D eigenvalue weighted by atomic mass is 9.82. The van der Waals surface area contributed by atoms with Gasteiger partial charge in [-0.3, -0.25) is 4.84 Å². The molecule has 4 heteroatoms. The molecule has 3 nitrogen and oxygen atoms in total. The summed E-state index contributed by atoms with van der Waals surface area (Å²) in [6.07, 6.45) is 2.80. The summed E-state index contributed by atoms with van der Waals surface area (Å²) in [5.41, 5.74) is 0.612. The van der Waals surface area contributed by atoms with Gasteiger partial charge in [-0.2, -0.15) is 5.06 Å². The van der Waals surface area contributed by atoms with Crippen LogP contribution in [0.5, 0.6) is 0 Å². The van der Waals surface area contributed by atoms with E-state index in [-0.39, 0.29) is 23.5 Å². The zero-order chi connectivity index (χ0) is 15.7. The van der Waals surface area contributed by atoms with Crippen molar-refractivity contribution in [3.05, 3.63) is 35.6 Å². The summed E-state index contributed by atoms with van der Waals surface area (Å²) in [5.74, 6) is -0.283. The molecule has 1 aromatic carbocycles. The highest BCUT2D eigenvalue weighted by Crippen LogP contribution is 2.40. The Bertz CT molecular complexity index is 454. The summed E-state index contributed by atoms with van der Waals surface area (Å²) >= 11 is 0. The fourth-order valence-corrected chi connectivity index (χ4v) is 3.27. The van der Waals surface area contributed by atoms with Crippen LogP contribution in [-0.2, 0) is 4.84 Å². The van der Waals surface area contributed by atoms with Gasteiger partial charge in [0.05, 0.1) is 6.61 Å². The quantitative estimate of drug-likeness (QED) is 0.916. The molecule has 1 heterocycles. The molecule has 1 N–H and O–H groups in total. The van der Waals surface area contributed by atoms with Crippen molar-refractivity contribution in [3.63, 3.8) is 0 Å². The molecule has 0 aliphatic carbocycles. The van der Waals surface area contributed by atoms with Gasteiger partial charge in [0, 0.05) is 11.1 Å². The Kier molecular flexibility index (Phi) is 4.71. The summed E-state index contributed by atoms with van der Waals surface area (Å²) in [5, 5.41) is 11.7. The third-order valence-electron chi connectivity index (χ3n) is 4.32. The number of hydrogen-bond acceptors (Lipinski definition) is 3. The average Bonchev–Trinajstić information content (AvgIpc) is 2.39. The summed E-state index contributed by atoms with van der Waals surface area (Å²) in [6.45, 7) is 8.51. The Morgan fingerprint density at radius 1 is 1.14 bits per heavy atom. The van der Waals surface area contributed by atoms with E-state index in [1.165, 1.54) is 18.6 Å². The largest absolute Gasteiger partial charge is 0.393 e. The first-order valence-corrected chi connectivity index (χ1v) is 7.60. The number of aliphatic hydroxyl groups is 1. The predicted molar refractivity (Wildman–Crippen MR) is 81.2 cm³/mol. The van der Waals surface area contributed by atoms with Crippen LogP contribution in [0.3, 0.4) is 0 Å². The van der Waals surface area contributed by atoms with Crippen LogP contribution in [0.4, 0.5) is 4.39 Å². The molecular formula is C17H26FNO2. The van der Waals surface area contributed by atoms with Crippen molar-refractivity contribution in [2.24, 2.45) is 0 Å². The van der Waals surface area contributed by atoms with Crippen LogP contribution in [0, 0.1) is 5.82 Å². The third kappa shape index (κ3) is 3.62. The highest BCUT2D eigenvalue weighted by atomic mass is 19.1. The van der Waals surface area contributed by atoms with Gasteiger partial charge in [0.1, 0.15) is 11.9 Å². The molecule has 118 valence electrons. The number of nitrogens with zero attached hydrogens (tertiary/aromatic N) is 1. The molecule has 1 saturated heterocycles. The zero-order valence-electron chi connectivity index (χ0n) is 13.4.